The van der Waals surface area contributed by atoms with Gasteiger partial charge in [-0.3, -0.25) is 19.8 Å². The number of non-ortho nitro benzene ring substituents is 1. The van der Waals surface area contributed by atoms with Crippen LogP contribution >= 0.6 is 11.6 Å². The van der Waals surface area contributed by atoms with Gasteiger partial charge in [-0.15, -0.1) is 0 Å². The Morgan fingerprint density at radius 3 is 2.54 bits per heavy atom. The van der Waals surface area contributed by atoms with Gasteiger partial charge in [0, 0.05) is 34.8 Å². The highest BCUT2D eigenvalue weighted by molar-refractivity contribution is 6.30. The van der Waals surface area contributed by atoms with Crippen LogP contribution in [0.5, 0.6) is 0 Å². The largest absolute Gasteiger partial charge is 0.463 e. The summed E-state index contributed by atoms with van der Waals surface area (Å²) < 4.78 is 5.36. The molecule has 2 aromatic carbocycles. The highest BCUT2D eigenvalue weighted by Gasteiger charge is 2.46. The zero-order chi connectivity index (χ0) is 25.5. The first-order valence-electron chi connectivity index (χ1n) is 11.3. The Kier molecular flexibility index (Phi) is 6.42. The summed E-state index contributed by atoms with van der Waals surface area (Å²) >= 11 is 6.10. The monoisotopic (exact) mass is 495 g/mol. The number of carbonyl (C=O) groups is 2. The van der Waals surface area contributed by atoms with Gasteiger partial charge in [0.05, 0.1) is 28.7 Å². The van der Waals surface area contributed by atoms with E-state index in [2.05, 4.69) is 0 Å². The summed E-state index contributed by atoms with van der Waals surface area (Å²) in [6.45, 7) is 5.77. The van der Waals surface area contributed by atoms with E-state index in [0.717, 1.165) is 0 Å². The molecular formula is C26H26ClN3O5. The summed E-state index contributed by atoms with van der Waals surface area (Å²) in [6.07, 6.45) is 0.770. The molecule has 2 aromatic rings. The number of nitro benzene ring substituents is 1. The molecular weight excluding hydrogens is 470 g/mol. The van der Waals surface area contributed by atoms with Crippen molar-refractivity contribution in [1.82, 2.24) is 0 Å². The molecule has 0 spiro atoms. The predicted octanol–water partition coefficient (Wildman–Crippen LogP) is 5.23. The van der Waals surface area contributed by atoms with Crippen LogP contribution in [0.3, 0.4) is 0 Å². The molecule has 1 aliphatic heterocycles. The maximum absolute atomic E-state index is 13.6. The maximum atomic E-state index is 13.6. The van der Waals surface area contributed by atoms with Gasteiger partial charge in [-0.2, -0.15) is 0 Å². The van der Waals surface area contributed by atoms with E-state index in [-0.39, 0.29) is 41.3 Å². The lowest BCUT2D eigenvalue weighted by atomic mass is 9.68. The van der Waals surface area contributed by atoms with Crippen LogP contribution in [0.4, 0.5) is 11.4 Å². The number of hydrogen-bond donors (Lipinski definition) is 1. The van der Waals surface area contributed by atoms with E-state index in [1.165, 1.54) is 12.1 Å². The quantitative estimate of drug-likeness (QED) is 0.343. The van der Waals surface area contributed by atoms with E-state index in [4.69, 9.17) is 22.1 Å². The molecule has 0 saturated heterocycles. The molecule has 2 aliphatic rings. The van der Waals surface area contributed by atoms with Crippen LogP contribution in [0, 0.1) is 15.5 Å². The number of ketones is 1. The molecule has 35 heavy (non-hydrogen) atoms. The highest BCUT2D eigenvalue weighted by Crippen LogP contribution is 2.50. The third kappa shape index (κ3) is 4.53. The minimum atomic E-state index is -0.750. The van der Waals surface area contributed by atoms with Crippen LogP contribution in [0.1, 0.15) is 45.1 Å². The van der Waals surface area contributed by atoms with Gasteiger partial charge in [0.2, 0.25) is 0 Å². The van der Waals surface area contributed by atoms with Crippen molar-refractivity contribution in [2.24, 2.45) is 11.1 Å². The molecule has 4 rings (SSSR count). The smallest absolute Gasteiger partial charge is 0.338 e. The number of ether oxygens (including phenoxy) is 1. The molecule has 0 amide bonds. The first kappa shape index (κ1) is 24.5. The fraction of sp³-hybridized carbons (Fsp3) is 0.308. The SMILES string of the molecule is CCOC(=O)C1=C(N)N(c2cccc([N+](=O)[O-])c2)C2=C(C(=O)CC(C)(C)C2)[C@@H]1c1ccc(Cl)cc1. The number of nitrogens with two attached hydrogens (primary N) is 1. The van der Waals surface area contributed by atoms with Crippen molar-refractivity contribution >= 4 is 34.7 Å². The standard InChI is InChI=1S/C26H26ClN3O5/c1-4-35-25(32)23-21(15-8-10-16(27)11-9-15)22-19(13-26(2,3)14-20(22)31)29(24(23)28)17-6-5-7-18(12-17)30(33)34/h5-12,21H,4,13-14,28H2,1-3H3/t21-/m0/s1. The van der Waals surface area contributed by atoms with Gasteiger partial charge in [-0.1, -0.05) is 43.6 Å². The van der Waals surface area contributed by atoms with E-state index in [1.54, 1.807) is 48.2 Å². The average Bonchev–Trinajstić information content (AvgIpc) is 2.78. The van der Waals surface area contributed by atoms with Crippen molar-refractivity contribution < 1.29 is 19.2 Å². The van der Waals surface area contributed by atoms with Crippen LogP contribution in [0.2, 0.25) is 5.02 Å². The number of nitrogens with zero attached hydrogens (tertiary/aromatic N) is 2. The van der Waals surface area contributed by atoms with Crippen molar-refractivity contribution in [3.8, 4) is 0 Å². The maximum Gasteiger partial charge on any atom is 0.338 e. The Balaban J connectivity index is 2.03. The zero-order valence-electron chi connectivity index (χ0n) is 19.7. The summed E-state index contributed by atoms with van der Waals surface area (Å²) in [5.41, 5.74) is 8.43. The normalized spacial score (nSPS) is 19.5. The molecule has 8 nitrogen and oxygen atoms in total. The van der Waals surface area contributed by atoms with Crippen molar-refractivity contribution in [2.75, 3.05) is 11.5 Å². The second-order valence-electron chi connectivity index (χ2n) is 9.42. The third-order valence-corrected chi connectivity index (χ3v) is 6.51. The van der Waals surface area contributed by atoms with E-state index in [0.29, 0.717) is 34.0 Å². The number of esters is 1. The first-order chi connectivity index (χ1) is 16.5. The topological polar surface area (TPSA) is 116 Å². The molecule has 0 fully saturated rings. The molecule has 1 aliphatic carbocycles. The molecule has 1 heterocycles. The summed E-state index contributed by atoms with van der Waals surface area (Å²) in [7, 11) is 0. The molecule has 182 valence electrons. The molecule has 0 radical (unpaired) electrons. The van der Waals surface area contributed by atoms with Gasteiger partial charge < -0.3 is 10.5 Å². The molecule has 2 N–H and O–H groups in total. The number of anilines is 1. The number of benzene rings is 2. The highest BCUT2D eigenvalue weighted by atomic mass is 35.5. The lowest BCUT2D eigenvalue weighted by molar-refractivity contribution is -0.384. The van der Waals surface area contributed by atoms with Gasteiger partial charge >= 0.3 is 5.97 Å². The van der Waals surface area contributed by atoms with Crippen LogP contribution < -0.4 is 10.6 Å². The number of rotatable bonds is 5. The van der Waals surface area contributed by atoms with Gasteiger partial charge in [0.15, 0.2) is 5.78 Å². The molecule has 0 aromatic heterocycles. The molecule has 9 heteroatoms. The number of hydrogen-bond acceptors (Lipinski definition) is 7. The first-order valence-corrected chi connectivity index (χ1v) is 11.6. The van der Waals surface area contributed by atoms with Crippen molar-refractivity contribution in [1.29, 1.82) is 0 Å². The van der Waals surface area contributed by atoms with Crippen LogP contribution in [0.15, 0.2) is 71.2 Å². The molecule has 0 unspecified atom stereocenters. The molecule has 0 bridgehead atoms. The van der Waals surface area contributed by atoms with E-state index < -0.39 is 16.8 Å². The van der Waals surface area contributed by atoms with E-state index >= 15 is 0 Å². The lowest BCUT2D eigenvalue weighted by Gasteiger charge is -2.44. The van der Waals surface area contributed by atoms with Gasteiger partial charge in [-0.25, -0.2) is 4.79 Å². The van der Waals surface area contributed by atoms with Crippen molar-refractivity contribution in [3.63, 3.8) is 0 Å². The summed E-state index contributed by atoms with van der Waals surface area (Å²) in [4.78, 5) is 39.5. The second-order valence-corrected chi connectivity index (χ2v) is 9.85. The number of nitro groups is 1. The number of carbonyl (C=O) groups excluding carboxylic acids is 2. The molecule has 0 saturated carbocycles. The Morgan fingerprint density at radius 2 is 1.91 bits per heavy atom. The van der Waals surface area contributed by atoms with Crippen molar-refractivity contribution in [2.45, 2.75) is 39.5 Å². The Bertz CT molecular complexity index is 1280. The minimum absolute atomic E-state index is 0.0770. The molecule has 1 atom stereocenters. The third-order valence-electron chi connectivity index (χ3n) is 6.26. The minimum Gasteiger partial charge on any atom is -0.463 e. The van der Waals surface area contributed by atoms with E-state index in [1.807, 2.05) is 13.8 Å². The summed E-state index contributed by atoms with van der Waals surface area (Å²) in [5.74, 6) is -1.43. The fourth-order valence-electron chi connectivity index (χ4n) is 4.85. The average molecular weight is 496 g/mol. The number of halogens is 1. The van der Waals surface area contributed by atoms with Gasteiger partial charge in [0.1, 0.15) is 5.82 Å². The summed E-state index contributed by atoms with van der Waals surface area (Å²) in [5, 5.41) is 12.0. The van der Waals surface area contributed by atoms with E-state index in [9.17, 15) is 19.7 Å². The van der Waals surface area contributed by atoms with Crippen molar-refractivity contribution in [3.05, 3.63) is 91.9 Å². The van der Waals surface area contributed by atoms with Crippen LogP contribution in [0.25, 0.3) is 0 Å². The lowest BCUT2D eigenvalue weighted by Crippen LogP contribution is -2.43. The predicted molar refractivity (Wildman–Crippen MR) is 133 cm³/mol. The van der Waals surface area contributed by atoms with Gasteiger partial charge in [0.25, 0.3) is 5.69 Å². The van der Waals surface area contributed by atoms with Gasteiger partial charge in [-0.05, 0) is 42.5 Å². The number of allylic oxidation sites excluding steroid dienone is 2. The Labute approximate surface area is 208 Å². The van der Waals surface area contributed by atoms with Crippen LogP contribution in [-0.2, 0) is 14.3 Å². The number of Topliss-reactive ketones (excluding diaryl/α,β-unsaturated/α-hetero) is 1. The Hall–Kier alpha value is -3.65. The Morgan fingerprint density at radius 1 is 1.23 bits per heavy atom. The van der Waals surface area contributed by atoms with Crippen LogP contribution in [-0.4, -0.2) is 23.3 Å². The fourth-order valence-corrected chi connectivity index (χ4v) is 4.97. The second kappa shape index (κ2) is 9.19. The zero-order valence-corrected chi connectivity index (χ0v) is 20.5. The summed E-state index contributed by atoms with van der Waals surface area (Å²) in [6, 6.07) is 12.9.